The quantitative estimate of drug-likeness (QED) is 0.689. The maximum absolute atomic E-state index is 5.53. The average molecular weight is 214 g/mol. The summed E-state index contributed by atoms with van der Waals surface area (Å²) >= 11 is 0. The summed E-state index contributed by atoms with van der Waals surface area (Å²) in [6.45, 7) is 1.04. The highest BCUT2D eigenvalue weighted by Crippen LogP contribution is 2.58. The molecule has 1 saturated heterocycles. The molecule has 0 aromatic heterocycles. The Hall–Kier alpha value is -0.820. The minimum atomic E-state index is 0.626. The van der Waals surface area contributed by atoms with Crippen molar-refractivity contribution in [2.75, 3.05) is 6.61 Å². The van der Waals surface area contributed by atoms with Gasteiger partial charge in [-0.3, -0.25) is 0 Å². The number of ether oxygens (including phenoxy) is 1. The Morgan fingerprint density at radius 3 is 2.38 bits per heavy atom. The second kappa shape index (κ2) is 3.33. The summed E-state index contributed by atoms with van der Waals surface area (Å²) in [5.41, 5.74) is 1.57. The smallest absolute Gasteiger partial charge is 0.0841 e. The van der Waals surface area contributed by atoms with E-state index in [4.69, 9.17) is 4.74 Å². The van der Waals surface area contributed by atoms with Crippen LogP contribution in [0.5, 0.6) is 0 Å². The van der Waals surface area contributed by atoms with Crippen molar-refractivity contribution in [1.29, 1.82) is 0 Å². The molecular formula is C15H18O. The Morgan fingerprint density at radius 2 is 1.69 bits per heavy atom. The van der Waals surface area contributed by atoms with Crippen LogP contribution in [0.25, 0.3) is 0 Å². The number of epoxide rings is 1. The minimum Gasteiger partial charge on any atom is -0.373 e. The van der Waals surface area contributed by atoms with Crippen LogP contribution in [0.3, 0.4) is 0 Å². The van der Waals surface area contributed by atoms with Crippen LogP contribution >= 0.6 is 0 Å². The predicted molar refractivity (Wildman–Crippen MR) is 63.2 cm³/mol. The monoisotopic (exact) mass is 214 g/mol. The van der Waals surface area contributed by atoms with Crippen LogP contribution in [0, 0.1) is 17.8 Å². The van der Waals surface area contributed by atoms with Gasteiger partial charge in [0.1, 0.15) is 0 Å². The van der Waals surface area contributed by atoms with Gasteiger partial charge in [-0.1, -0.05) is 30.3 Å². The molecule has 5 atom stereocenters. The van der Waals surface area contributed by atoms with E-state index in [1.165, 1.54) is 19.3 Å². The van der Waals surface area contributed by atoms with Gasteiger partial charge in [0.15, 0.2) is 0 Å². The SMILES string of the molecule is c1ccc(C2CC3CC(C4CO4)C2C3)cc1. The zero-order chi connectivity index (χ0) is 10.5. The van der Waals surface area contributed by atoms with Crippen LogP contribution in [0.4, 0.5) is 0 Å². The molecule has 2 saturated carbocycles. The topological polar surface area (TPSA) is 12.5 Å². The molecule has 1 aromatic rings. The first-order valence-corrected chi connectivity index (χ1v) is 6.58. The van der Waals surface area contributed by atoms with Crippen LogP contribution in [0.1, 0.15) is 30.7 Å². The van der Waals surface area contributed by atoms with Gasteiger partial charge in [-0.2, -0.15) is 0 Å². The van der Waals surface area contributed by atoms with Gasteiger partial charge >= 0.3 is 0 Å². The number of hydrogen-bond donors (Lipinski definition) is 0. The first-order valence-electron chi connectivity index (χ1n) is 6.58. The fraction of sp³-hybridized carbons (Fsp3) is 0.600. The normalized spacial score (nSPS) is 44.9. The van der Waals surface area contributed by atoms with Crippen LogP contribution in [0.15, 0.2) is 30.3 Å². The van der Waals surface area contributed by atoms with Crippen LogP contribution < -0.4 is 0 Å². The van der Waals surface area contributed by atoms with Gasteiger partial charge in [-0.15, -0.1) is 0 Å². The van der Waals surface area contributed by atoms with Crippen molar-refractivity contribution in [1.82, 2.24) is 0 Å². The third-order valence-corrected chi connectivity index (χ3v) is 4.93. The summed E-state index contributed by atoms with van der Waals surface area (Å²) in [6.07, 6.45) is 4.96. The lowest BCUT2D eigenvalue weighted by molar-refractivity contribution is 0.228. The first kappa shape index (κ1) is 9.23. The zero-order valence-corrected chi connectivity index (χ0v) is 9.51. The van der Waals surface area contributed by atoms with E-state index in [2.05, 4.69) is 30.3 Å². The maximum atomic E-state index is 5.53. The van der Waals surface area contributed by atoms with Crippen molar-refractivity contribution in [2.24, 2.45) is 17.8 Å². The third-order valence-electron chi connectivity index (χ3n) is 4.93. The van der Waals surface area contributed by atoms with Gasteiger partial charge in [-0.25, -0.2) is 0 Å². The number of rotatable bonds is 2. The molecule has 1 nitrogen and oxygen atoms in total. The van der Waals surface area contributed by atoms with E-state index in [1.807, 2.05) is 0 Å². The van der Waals surface area contributed by atoms with Crippen LogP contribution in [-0.4, -0.2) is 12.7 Å². The molecule has 2 aliphatic carbocycles. The third kappa shape index (κ3) is 1.34. The van der Waals surface area contributed by atoms with Gasteiger partial charge in [0.25, 0.3) is 0 Å². The molecule has 3 fully saturated rings. The van der Waals surface area contributed by atoms with Crippen molar-refractivity contribution in [3.8, 4) is 0 Å². The highest BCUT2D eigenvalue weighted by atomic mass is 16.6. The standard InChI is InChI=1S/C15H18O/c1-2-4-11(5-3-1)12-6-10-7-13(12)14(8-10)15-9-16-15/h1-5,10,12-15H,6-9H2. The second-order valence-corrected chi connectivity index (χ2v) is 5.79. The second-order valence-electron chi connectivity index (χ2n) is 5.79. The van der Waals surface area contributed by atoms with Gasteiger partial charge in [-0.05, 0) is 48.5 Å². The Morgan fingerprint density at radius 1 is 0.938 bits per heavy atom. The predicted octanol–water partition coefficient (Wildman–Crippen LogP) is 3.22. The molecule has 4 rings (SSSR count). The fourth-order valence-corrected chi connectivity index (χ4v) is 4.22. The molecule has 84 valence electrons. The Kier molecular flexibility index (Phi) is 1.92. The number of fused-ring (bicyclic) bond motifs is 2. The lowest BCUT2D eigenvalue weighted by Crippen LogP contribution is -2.22. The molecule has 5 unspecified atom stereocenters. The van der Waals surface area contributed by atoms with E-state index in [0.29, 0.717) is 6.10 Å². The molecule has 1 aromatic carbocycles. The van der Waals surface area contributed by atoms with Crippen molar-refractivity contribution in [3.05, 3.63) is 35.9 Å². The summed E-state index contributed by atoms with van der Waals surface area (Å²) in [6, 6.07) is 11.1. The molecule has 1 heterocycles. The summed E-state index contributed by atoms with van der Waals surface area (Å²) < 4.78 is 5.53. The molecule has 16 heavy (non-hydrogen) atoms. The van der Waals surface area contributed by atoms with Gasteiger partial charge in [0.05, 0.1) is 12.7 Å². The summed E-state index contributed by atoms with van der Waals surface area (Å²) in [5, 5.41) is 0. The molecule has 3 aliphatic rings. The molecule has 0 spiro atoms. The van der Waals surface area contributed by atoms with E-state index < -0.39 is 0 Å². The summed E-state index contributed by atoms with van der Waals surface area (Å²) in [5.74, 6) is 3.61. The lowest BCUT2D eigenvalue weighted by Gasteiger charge is -2.28. The van der Waals surface area contributed by atoms with E-state index in [1.54, 1.807) is 5.56 Å². The van der Waals surface area contributed by atoms with Crippen molar-refractivity contribution < 1.29 is 4.74 Å². The Bertz CT molecular complexity index is 382. The largest absolute Gasteiger partial charge is 0.373 e. The van der Waals surface area contributed by atoms with Crippen LogP contribution in [-0.2, 0) is 4.74 Å². The summed E-state index contributed by atoms with van der Waals surface area (Å²) in [4.78, 5) is 0. The Balaban J connectivity index is 1.62. The molecule has 1 aliphatic heterocycles. The van der Waals surface area contributed by atoms with Gasteiger partial charge in [0, 0.05) is 0 Å². The van der Waals surface area contributed by atoms with Gasteiger partial charge < -0.3 is 4.74 Å². The fourth-order valence-electron chi connectivity index (χ4n) is 4.22. The zero-order valence-electron chi connectivity index (χ0n) is 9.51. The number of hydrogen-bond acceptors (Lipinski definition) is 1. The molecule has 1 heteroatoms. The van der Waals surface area contributed by atoms with Crippen molar-refractivity contribution >= 4 is 0 Å². The maximum Gasteiger partial charge on any atom is 0.0841 e. The molecular weight excluding hydrogens is 196 g/mol. The highest BCUT2D eigenvalue weighted by molar-refractivity contribution is 5.24. The van der Waals surface area contributed by atoms with Crippen molar-refractivity contribution in [3.63, 3.8) is 0 Å². The minimum absolute atomic E-state index is 0.626. The lowest BCUT2D eigenvalue weighted by atomic mass is 9.76. The average Bonchev–Trinajstić information content (AvgIpc) is 3.00. The number of benzene rings is 1. The molecule has 0 amide bonds. The molecule has 2 bridgehead atoms. The van der Waals surface area contributed by atoms with E-state index in [9.17, 15) is 0 Å². The van der Waals surface area contributed by atoms with E-state index in [0.717, 1.165) is 30.3 Å². The highest BCUT2D eigenvalue weighted by Gasteiger charge is 2.52. The summed E-state index contributed by atoms with van der Waals surface area (Å²) in [7, 11) is 0. The van der Waals surface area contributed by atoms with Crippen LogP contribution in [0.2, 0.25) is 0 Å². The van der Waals surface area contributed by atoms with Gasteiger partial charge in [0.2, 0.25) is 0 Å². The molecule has 0 radical (unpaired) electrons. The first-order chi connectivity index (χ1) is 7.92. The van der Waals surface area contributed by atoms with E-state index in [-0.39, 0.29) is 0 Å². The van der Waals surface area contributed by atoms with Crippen molar-refractivity contribution in [2.45, 2.75) is 31.3 Å². The van der Waals surface area contributed by atoms with E-state index >= 15 is 0 Å². The Labute approximate surface area is 96.8 Å². The molecule has 0 N–H and O–H groups in total.